The van der Waals surface area contributed by atoms with E-state index in [0.29, 0.717) is 18.5 Å². The smallest absolute Gasteiger partial charge is 0.271 e. The number of nitrogens with one attached hydrogen (secondary N) is 3. The number of rotatable bonds is 7. The summed E-state index contributed by atoms with van der Waals surface area (Å²) in [4.78, 5) is 28.0. The highest BCUT2D eigenvalue weighted by molar-refractivity contribution is 7.89. The maximum atomic E-state index is 12.1. The Morgan fingerprint density at radius 2 is 2.16 bits per heavy atom. The van der Waals surface area contributed by atoms with E-state index in [1.807, 2.05) is 0 Å². The van der Waals surface area contributed by atoms with Gasteiger partial charge >= 0.3 is 0 Å². The molecule has 140 valence electrons. The summed E-state index contributed by atoms with van der Waals surface area (Å²) in [6.45, 7) is 0.0125. The van der Waals surface area contributed by atoms with E-state index in [-0.39, 0.29) is 30.5 Å². The molecule has 4 N–H and O–H groups in total. The summed E-state index contributed by atoms with van der Waals surface area (Å²) in [6.07, 6.45) is 0.341. The van der Waals surface area contributed by atoms with Crippen molar-refractivity contribution in [2.24, 2.45) is 5.92 Å². The minimum atomic E-state index is -3.37. The van der Waals surface area contributed by atoms with Crippen LogP contribution < -0.4 is 15.4 Å². The predicted octanol–water partition coefficient (Wildman–Crippen LogP) is -0.932. The maximum Gasteiger partial charge on any atom is 0.271 e. The summed E-state index contributed by atoms with van der Waals surface area (Å²) >= 11 is 1.31. The Labute approximate surface area is 150 Å². The van der Waals surface area contributed by atoms with Gasteiger partial charge in [0.2, 0.25) is 15.9 Å². The number of nitrogens with zero attached hydrogens (tertiary/aromatic N) is 1. The van der Waals surface area contributed by atoms with Crippen LogP contribution in [0.3, 0.4) is 0 Å². The molecule has 0 bridgehead atoms. The van der Waals surface area contributed by atoms with E-state index in [0.717, 1.165) is 0 Å². The minimum absolute atomic E-state index is 0.0125. The lowest BCUT2D eigenvalue weighted by Gasteiger charge is -2.32. The maximum absolute atomic E-state index is 12.1. The Bertz CT molecular complexity index is 692. The molecule has 2 rings (SSSR count). The monoisotopic (exact) mass is 390 g/mol. The lowest BCUT2D eigenvalue weighted by molar-refractivity contribution is -0.127. The third-order valence-corrected chi connectivity index (χ3v) is 6.10. The van der Waals surface area contributed by atoms with E-state index in [2.05, 4.69) is 20.3 Å². The lowest BCUT2D eigenvalue weighted by Crippen LogP contribution is -2.49. The second-order valence-corrected chi connectivity index (χ2v) is 8.61. The topological polar surface area (TPSA) is 137 Å². The number of amides is 2. The van der Waals surface area contributed by atoms with Crippen molar-refractivity contribution in [2.45, 2.75) is 31.4 Å². The van der Waals surface area contributed by atoms with Crippen molar-refractivity contribution in [3.63, 3.8) is 0 Å². The van der Waals surface area contributed by atoms with E-state index in [4.69, 9.17) is 0 Å². The highest BCUT2D eigenvalue weighted by Crippen LogP contribution is 2.25. The summed E-state index contributed by atoms with van der Waals surface area (Å²) in [6, 6.07) is -0.428. The van der Waals surface area contributed by atoms with Crippen LogP contribution in [0.15, 0.2) is 10.9 Å². The first-order valence-corrected chi connectivity index (χ1v) is 10.5. The van der Waals surface area contributed by atoms with Gasteiger partial charge in [0.25, 0.3) is 5.91 Å². The first-order valence-electron chi connectivity index (χ1n) is 7.88. The van der Waals surface area contributed by atoms with Crippen molar-refractivity contribution in [3.05, 3.63) is 16.6 Å². The number of hydrogen-bond donors (Lipinski definition) is 4. The lowest BCUT2D eigenvalue weighted by atomic mass is 9.83. The number of aliphatic hydroxyl groups is 1. The fourth-order valence-corrected chi connectivity index (χ4v) is 3.78. The van der Waals surface area contributed by atoms with E-state index >= 15 is 0 Å². The number of thiazole rings is 1. The average molecular weight is 390 g/mol. The van der Waals surface area contributed by atoms with E-state index in [1.165, 1.54) is 18.4 Å². The van der Waals surface area contributed by atoms with Gasteiger partial charge in [0.15, 0.2) is 0 Å². The highest BCUT2D eigenvalue weighted by Gasteiger charge is 2.33. The van der Waals surface area contributed by atoms with Crippen molar-refractivity contribution in [1.29, 1.82) is 0 Å². The van der Waals surface area contributed by atoms with Crippen molar-refractivity contribution >= 4 is 33.2 Å². The van der Waals surface area contributed by atoms with Crippen LogP contribution >= 0.6 is 11.3 Å². The van der Waals surface area contributed by atoms with E-state index in [9.17, 15) is 23.1 Å². The predicted molar refractivity (Wildman–Crippen MR) is 92.6 cm³/mol. The van der Waals surface area contributed by atoms with Crippen molar-refractivity contribution < 1.29 is 23.1 Å². The van der Waals surface area contributed by atoms with Crippen molar-refractivity contribution in [3.8, 4) is 0 Å². The van der Waals surface area contributed by atoms with Crippen molar-refractivity contribution in [1.82, 2.24) is 20.3 Å². The number of carbonyl (C=O) groups is 2. The zero-order valence-corrected chi connectivity index (χ0v) is 15.4. The van der Waals surface area contributed by atoms with Crippen LogP contribution in [0.4, 0.5) is 0 Å². The SMILES string of the molecule is CNS(=O)(=O)CCNC(=O)[C@H]1CC[C@H](NC(=O)c2cscn2)[C@@H](O)C1. The van der Waals surface area contributed by atoms with Gasteiger partial charge in [-0.2, -0.15) is 0 Å². The number of hydrogen-bond acceptors (Lipinski definition) is 7. The number of aliphatic hydroxyl groups excluding tert-OH is 1. The first-order chi connectivity index (χ1) is 11.8. The van der Waals surface area contributed by atoms with Crippen LogP contribution in [0, 0.1) is 5.92 Å². The molecule has 9 nitrogen and oxygen atoms in total. The fraction of sp³-hybridized carbons (Fsp3) is 0.643. The number of sulfonamides is 1. The zero-order valence-electron chi connectivity index (χ0n) is 13.8. The Balaban J connectivity index is 1.78. The summed E-state index contributed by atoms with van der Waals surface area (Å²) in [5.41, 5.74) is 1.86. The molecule has 0 radical (unpaired) electrons. The Morgan fingerprint density at radius 1 is 1.40 bits per heavy atom. The molecule has 1 aromatic heterocycles. The van der Waals surface area contributed by atoms with Crippen LogP contribution in [-0.2, 0) is 14.8 Å². The van der Waals surface area contributed by atoms with Crippen LogP contribution in [0.2, 0.25) is 0 Å². The molecule has 25 heavy (non-hydrogen) atoms. The van der Waals surface area contributed by atoms with E-state index in [1.54, 1.807) is 10.9 Å². The summed E-state index contributed by atoms with van der Waals surface area (Å²) in [5.74, 6) is -1.23. The third-order valence-electron chi connectivity index (χ3n) is 4.15. The molecule has 0 aliphatic heterocycles. The van der Waals surface area contributed by atoms with Gasteiger partial charge in [-0.15, -0.1) is 11.3 Å². The molecule has 0 spiro atoms. The minimum Gasteiger partial charge on any atom is -0.391 e. The molecule has 11 heteroatoms. The fourth-order valence-electron chi connectivity index (χ4n) is 2.68. The Kier molecular flexibility index (Phi) is 6.87. The molecule has 2 amide bonds. The summed E-state index contributed by atoms with van der Waals surface area (Å²) in [7, 11) is -2.05. The van der Waals surface area contributed by atoms with Gasteiger partial charge in [-0.25, -0.2) is 18.1 Å². The molecule has 0 aromatic carbocycles. The molecule has 1 heterocycles. The molecule has 1 aliphatic carbocycles. The molecule has 1 aliphatic rings. The molecule has 1 saturated carbocycles. The zero-order chi connectivity index (χ0) is 18.4. The van der Waals surface area contributed by atoms with Crippen LogP contribution in [0.1, 0.15) is 29.8 Å². The van der Waals surface area contributed by atoms with Gasteiger partial charge in [-0.05, 0) is 26.3 Å². The number of carbonyl (C=O) groups excluding carboxylic acids is 2. The Morgan fingerprint density at radius 3 is 2.76 bits per heavy atom. The normalized spacial score (nSPS) is 23.8. The first kappa shape index (κ1) is 19.8. The molecular formula is C14H22N4O5S2. The van der Waals surface area contributed by atoms with Gasteiger partial charge in [-0.1, -0.05) is 0 Å². The molecule has 0 saturated heterocycles. The molecule has 1 aromatic rings. The summed E-state index contributed by atoms with van der Waals surface area (Å²) < 4.78 is 24.8. The van der Waals surface area contributed by atoms with Gasteiger partial charge in [0, 0.05) is 17.8 Å². The van der Waals surface area contributed by atoms with Crippen LogP contribution in [-0.4, -0.2) is 61.8 Å². The largest absolute Gasteiger partial charge is 0.391 e. The quantitative estimate of drug-likeness (QED) is 0.475. The van der Waals surface area contributed by atoms with Gasteiger partial charge in [-0.3, -0.25) is 9.59 Å². The second-order valence-electron chi connectivity index (χ2n) is 5.84. The highest BCUT2D eigenvalue weighted by atomic mass is 32.2. The summed E-state index contributed by atoms with van der Waals surface area (Å²) in [5, 5.41) is 17.1. The van der Waals surface area contributed by atoms with Crippen molar-refractivity contribution in [2.75, 3.05) is 19.3 Å². The molecule has 1 fully saturated rings. The van der Waals surface area contributed by atoms with Gasteiger partial charge in [0.1, 0.15) is 5.69 Å². The standard InChI is InChI=1S/C14H22N4O5S2/c1-15-25(22,23)5-4-16-13(20)9-2-3-10(12(19)6-9)18-14(21)11-7-24-8-17-11/h7-10,12,15,19H,2-6H2,1H3,(H,16,20)(H,18,21)/t9-,10-,12-/m0/s1. The molecule has 0 unspecified atom stereocenters. The second kappa shape index (κ2) is 8.70. The third kappa shape index (κ3) is 5.73. The van der Waals surface area contributed by atoms with Gasteiger partial charge < -0.3 is 15.7 Å². The number of aromatic nitrogens is 1. The van der Waals surface area contributed by atoms with E-state index < -0.39 is 28.1 Å². The average Bonchev–Trinajstić information content (AvgIpc) is 3.11. The molecule has 3 atom stereocenters. The van der Waals surface area contributed by atoms with Crippen LogP contribution in [0.25, 0.3) is 0 Å². The van der Waals surface area contributed by atoms with Gasteiger partial charge in [0.05, 0.1) is 23.4 Å². The van der Waals surface area contributed by atoms with Crippen LogP contribution in [0.5, 0.6) is 0 Å². The Hall–Kier alpha value is -1.56. The molecular weight excluding hydrogens is 368 g/mol.